The average Bonchev–Trinajstić information content (AvgIpc) is 3.07. The molecule has 2 aromatic carbocycles. The summed E-state index contributed by atoms with van der Waals surface area (Å²) in [5, 5.41) is 1.94. The van der Waals surface area contributed by atoms with Gasteiger partial charge < -0.3 is 14.6 Å². The minimum Gasteiger partial charge on any atom is -0.384 e. The summed E-state index contributed by atoms with van der Waals surface area (Å²) in [6.45, 7) is 3.13. The number of carbonyl (C=O) groups excluding carboxylic acids is 1. The highest BCUT2D eigenvalue weighted by molar-refractivity contribution is 6.31. The van der Waals surface area contributed by atoms with E-state index in [-0.39, 0.29) is 17.9 Å². The van der Waals surface area contributed by atoms with Gasteiger partial charge in [-0.3, -0.25) is 4.79 Å². The Bertz CT molecular complexity index is 981. The number of benzene rings is 2. The summed E-state index contributed by atoms with van der Waals surface area (Å²) < 4.78 is 5.11. The van der Waals surface area contributed by atoms with Crippen molar-refractivity contribution >= 4 is 28.4 Å². The number of ether oxygens (including phenoxy) is 1. The van der Waals surface area contributed by atoms with Crippen molar-refractivity contribution in [1.29, 1.82) is 0 Å². The maximum atomic E-state index is 12.9. The zero-order valence-corrected chi connectivity index (χ0v) is 16.3. The van der Waals surface area contributed by atoms with E-state index in [1.807, 2.05) is 29.2 Å². The van der Waals surface area contributed by atoms with Crippen LogP contribution in [0.25, 0.3) is 10.9 Å². The van der Waals surface area contributed by atoms with Gasteiger partial charge in [-0.25, -0.2) is 0 Å². The third-order valence-electron chi connectivity index (χ3n) is 5.51. The molecule has 0 saturated heterocycles. The number of nitrogens with one attached hydrogen (secondary N) is 1. The molecule has 0 fully saturated rings. The van der Waals surface area contributed by atoms with Crippen LogP contribution in [0.5, 0.6) is 0 Å². The van der Waals surface area contributed by atoms with E-state index in [9.17, 15) is 4.79 Å². The molecule has 3 aromatic rings. The number of rotatable bonds is 4. The lowest BCUT2D eigenvalue weighted by Crippen LogP contribution is -2.41. The molecule has 27 heavy (non-hydrogen) atoms. The van der Waals surface area contributed by atoms with E-state index in [1.54, 1.807) is 7.11 Å². The molecule has 2 atom stereocenters. The van der Waals surface area contributed by atoms with Gasteiger partial charge >= 0.3 is 0 Å². The van der Waals surface area contributed by atoms with Crippen molar-refractivity contribution in [2.24, 2.45) is 0 Å². The summed E-state index contributed by atoms with van der Waals surface area (Å²) >= 11 is 6.56. The maximum Gasteiger partial charge on any atom is 0.225 e. The molecular weight excluding hydrogens is 360 g/mol. The fraction of sp³-hybridized carbons (Fsp3) is 0.318. The first kappa shape index (κ1) is 18.1. The number of para-hydroxylation sites is 1. The normalized spacial score (nSPS) is 19.3. The molecule has 4 rings (SSSR count). The lowest BCUT2D eigenvalue weighted by atomic mass is 9.83. The van der Waals surface area contributed by atoms with Gasteiger partial charge in [0.2, 0.25) is 5.91 Å². The monoisotopic (exact) mass is 382 g/mol. The van der Waals surface area contributed by atoms with Crippen LogP contribution < -0.4 is 0 Å². The Kier molecular flexibility index (Phi) is 4.94. The fourth-order valence-corrected chi connectivity index (χ4v) is 4.42. The minimum atomic E-state index is -0.0181. The second kappa shape index (κ2) is 7.37. The van der Waals surface area contributed by atoms with Crippen LogP contribution in [0.1, 0.15) is 42.1 Å². The van der Waals surface area contributed by atoms with Gasteiger partial charge in [-0.1, -0.05) is 48.0 Å². The van der Waals surface area contributed by atoms with Crippen LogP contribution in [-0.2, 0) is 9.53 Å². The summed E-state index contributed by atoms with van der Waals surface area (Å²) in [7, 11) is 1.62. The largest absolute Gasteiger partial charge is 0.384 e. The van der Waals surface area contributed by atoms with E-state index in [1.165, 1.54) is 10.9 Å². The Morgan fingerprint density at radius 3 is 2.74 bits per heavy atom. The van der Waals surface area contributed by atoms with Gasteiger partial charge in [-0.15, -0.1) is 0 Å². The first-order valence-corrected chi connectivity index (χ1v) is 9.63. The molecule has 0 spiro atoms. The highest BCUT2D eigenvalue weighted by Gasteiger charge is 2.37. The first-order valence-electron chi connectivity index (χ1n) is 9.25. The van der Waals surface area contributed by atoms with E-state index in [2.05, 4.69) is 36.2 Å². The Balaban J connectivity index is 1.86. The molecule has 1 aliphatic rings. The number of hydrogen-bond acceptors (Lipinski definition) is 2. The Morgan fingerprint density at radius 1 is 1.22 bits per heavy atom. The van der Waals surface area contributed by atoms with Crippen LogP contribution in [0, 0.1) is 0 Å². The molecular formula is C22H23ClN2O2. The molecule has 0 bridgehead atoms. The summed E-state index contributed by atoms with van der Waals surface area (Å²) in [6, 6.07) is 16.2. The van der Waals surface area contributed by atoms with Crippen LogP contribution >= 0.6 is 11.6 Å². The van der Waals surface area contributed by atoms with Crippen molar-refractivity contribution in [2.45, 2.75) is 25.3 Å². The summed E-state index contributed by atoms with van der Waals surface area (Å²) in [6.07, 6.45) is 0.381. The molecule has 4 nitrogen and oxygen atoms in total. The number of aromatic nitrogens is 1. The van der Waals surface area contributed by atoms with Gasteiger partial charge in [0.05, 0.1) is 19.1 Å². The van der Waals surface area contributed by atoms with Crippen LogP contribution in [0.4, 0.5) is 0 Å². The first-order chi connectivity index (χ1) is 13.1. The molecule has 2 unspecified atom stereocenters. The molecule has 5 heteroatoms. The van der Waals surface area contributed by atoms with Gasteiger partial charge in [0.1, 0.15) is 0 Å². The fourth-order valence-electron chi connectivity index (χ4n) is 4.15. The van der Waals surface area contributed by atoms with Gasteiger partial charge in [0.15, 0.2) is 0 Å². The topological polar surface area (TPSA) is 45.3 Å². The molecule has 1 aromatic heterocycles. The third-order valence-corrected chi connectivity index (χ3v) is 5.86. The Hall–Kier alpha value is -2.30. The highest BCUT2D eigenvalue weighted by atomic mass is 35.5. The zero-order valence-electron chi connectivity index (χ0n) is 15.5. The maximum absolute atomic E-state index is 12.9. The summed E-state index contributed by atoms with van der Waals surface area (Å²) in [5.74, 6) is 0.137. The number of nitrogens with zero attached hydrogens (tertiary/aromatic N) is 1. The molecule has 140 valence electrons. The summed E-state index contributed by atoms with van der Waals surface area (Å²) in [4.78, 5) is 18.4. The van der Waals surface area contributed by atoms with E-state index in [0.717, 1.165) is 21.8 Å². The molecule has 1 N–H and O–H groups in total. The van der Waals surface area contributed by atoms with Crippen LogP contribution in [0.15, 0.2) is 48.5 Å². The second-order valence-corrected chi connectivity index (χ2v) is 7.44. The lowest BCUT2D eigenvalue weighted by Gasteiger charge is -2.38. The van der Waals surface area contributed by atoms with E-state index >= 15 is 0 Å². The van der Waals surface area contributed by atoms with Crippen molar-refractivity contribution in [3.8, 4) is 0 Å². The predicted octanol–water partition coefficient (Wildman–Crippen LogP) is 4.89. The third kappa shape index (κ3) is 3.13. The molecule has 0 saturated carbocycles. The smallest absolute Gasteiger partial charge is 0.225 e. The number of aromatic amines is 1. The second-order valence-electron chi connectivity index (χ2n) is 7.04. The van der Waals surface area contributed by atoms with Gasteiger partial charge in [0.25, 0.3) is 0 Å². The quantitative estimate of drug-likeness (QED) is 0.698. The van der Waals surface area contributed by atoms with Gasteiger partial charge in [0, 0.05) is 41.2 Å². The van der Waals surface area contributed by atoms with Crippen molar-refractivity contribution < 1.29 is 9.53 Å². The van der Waals surface area contributed by atoms with E-state index < -0.39 is 0 Å². The molecule has 1 aliphatic heterocycles. The summed E-state index contributed by atoms with van der Waals surface area (Å²) in [5.41, 5.74) is 4.50. The number of hydrogen-bond donors (Lipinski definition) is 1. The van der Waals surface area contributed by atoms with Crippen molar-refractivity contribution in [3.63, 3.8) is 0 Å². The van der Waals surface area contributed by atoms with Crippen LogP contribution in [0.3, 0.4) is 0 Å². The van der Waals surface area contributed by atoms with Gasteiger partial charge in [-0.2, -0.15) is 0 Å². The average molecular weight is 383 g/mol. The predicted molar refractivity (Wildman–Crippen MR) is 108 cm³/mol. The zero-order chi connectivity index (χ0) is 19.0. The van der Waals surface area contributed by atoms with E-state index in [4.69, 9.17) is 16.3 Å². The molecule has 0 aliphatic carbocycles. The van der Waals surface area contributed by atoms with E-state index in [0.29, 0.717) is 19.6 Å². The Labute approximate surface area is 164 Å². The lowest BCUT2D eigenvalue weighted by molar-refractivity contribution is -0.135. The van der Waals surface area contributed by atoms with Crippen LogP contribution in [0.2, 0.25) is 5.02 Å². The number of halogens is 1. The SMILES string of the molecule is COCCC(=O)N1CC(c2ccccc2Cl)c2c([nH]c3ccccc23)C1C. The number of carbonyl (C=O) groups is 1. The Morgan fingerprint density at radius 2 is 1.96 bits per heavy atom. The van der Waals surface area contributed by atoms with Crippen molar-refractivity contribution in [3.05, 3.63) is 70.4 Å². The molecule has 1 amide bonds. The van der Waals surface area contributed by atoms with Gasteiger partial charge in [-0.05, 0) is 30.2 Å². The number of amides is 1. The molecule has 2 heterocycles. The standard InChI is InChI=1S/C22H23ClN2O2/c1-14-22-21(16-8-4-6-10-19(16)24-22)17(15-7-3-5-9-18(15)23)13-25(14)20(26)11-12-27-2/h3-10,14,17,24H,11-13H2,1-2H3. The minimum absolute atomic E-state index is 0.0181. The van der Waals surface area contributed by atoms with Crippen molar-refractivity contribution in [1.82, 2.24) is 9.88 Å². The number of fused-ring (bicyclic) bond motifs is 3. The van der Waals surface area contributed by atoms with Crippen molar-refractivity contribution in [2.75, 3.05) is 20.3 Å². The highest BCUT2D eigenvalue weighted by Crippen LogP contribution is 2.44. The number of methoxy groups -OCH3 is 1. The van der Waals surface area contributed by atoms with Crippen LogP contribution in [-0.4, -0.2) is 36.1 Å². The molecule has 0 radical (unpaired) electrons. The number of H-pyrrole nitrogens is 1.